The summed E-state index contributed by atoms with van der Waals surface area (Å²) in [5.41, 5.74) is 0. The van der Waals surface area contributed by atoms with Gasteiger partial charge < -0.3 is 14.9 Å². The van der Waals surface area contributed by atoms with Gasteiger partial charge in [0.1, 0.15) is 0 Å². The zero-order valence-electron chi connectivity index (χ0n) is 12.2. The number of nitrogens with zero attached hydrogens (tertiary/aromatic N) is 2. The molecule has 0 amide bonds. The van der Waals surface area contributed by atoms with Gasteiger partial charge in [0.15, 0.2) is 0 Å². The second kappa shape index (κ2) is 7.25. The minimum Gasteiger partial charge on any atom is -0.481 e. The first-order valence-electron chi connectivity index (χ1n) is 7.79. The maximum Gasteiger partial charge on any atom is 0.304 e. The van der Waals surface area contributed by atoms with E-state index in [2.05, 4.69) is 16.8 Å². The van der Waals surface area contributed by atoms with Crippen LogP contribution in [0.25, 0.3) is 0 Å². The molecule has 0 aromatic carbocycles. The average Bonchev–Trinajstić information content (AvgIpc) is 2.89. The highest BCUT2D eigenvalue weighted by Crippen LogP contribution is 2.27. The number of hydrogen-bond donors (Lipinski definition) is 1. The van der Waals surface area contributed by atoms with E-state index in [0.29, 0.717) is 12.6 Å². The number of piperidine rings is 1. The van der Waals surface area contributed by atoms with Crippen molar-refractivity contribution in [2.75, 3.05) is 33.2 Å². The third kappa shape index (κ3) is 4.77. The van der Waals surface area contributed by atoms with Crippen LogP contribution in [-0.2, 0) is 4.79 Å². The average molecular weight is 268 g/mol. The molecule has 0 aromatic rings. The summed E-state index contributed by atoms with van der Waals surface area (Å²) in [6.07, 6.45) is 8.40. The lowest BCUT2D eigenvalue weighted by Gasteiger charge is -2.38. The molecule has 1 aliphatic heterocycles. The van der Waals surface area contributed by atoms with E-state index in [4.69, 9.17) is 5.11 Å². The van der Waals surface area contributed by atoms with E-state index < -0.39 is 5.97 Å². The van der Waals surface area contributed by atoms with E-state index in [1.54, 1.807) is 0 Å². The van der Waals surface area contributed by atoms with Gasteiger partial charge in [0.05, 0.1) is 6.42 Å². The van der Waals surface area contributed by atoms with Crippen LogP contribution in [0.15, 0.2) is 0 Å². The molecular weight excluding hydrogens is 240 g/mol. The smallest absolute Gasteiger partial charge is 0.304 e. The lowest BCUT2D eigenvalue weighted by Crippen LogP contribution is -2.48. The molecule has 0 spiro atoms. The summed E-state index contributed by atoms with van der Waals surface area (Å²) in [6, 6.07) is 0.550. The van der Waals surface area contributed by atoms with Crippen LogP contribution >= 0.6 is 0 Å². The highest BCUT2D eigenvalue weighted by Gasteiger charge is 2.26. The Morgan fingerprint density at radius 2 is 2.00 bits per heavy atom. The predicted molar refractivity (Wildman–Crippen MR) is 76.3 cm³/mol. The monoisotopic (exact) mass is 268 g/mol. The molecular formula is C15H28N2O2. The quantitative estimate of drug-likeness (QED) is 0.800. The maximum atomic E-state index is 10.6. The van der Waals surface area contributed by atoms with Crippen molar-refractivity contribution in [3.63, 3.8) is 0 Å². The Bertz CT molecular complexity index is 290. The van der Waals surface area contributed by atoms with Crippen LogP contribution in [0.1, 0.15) is 44.9 Å². The molecule has 2 fully saturated rings. The zero-order chi connectivity index (χ0) is 13.7. The lowest BCUT2D eigenvalue weighted by atomic mass is 10.0. The maximum absolute atomic E-state index is 10.6. The van der Waals surface area contributed by atoms with Crippen LogP contribution in [-0.4, -0.2) is 60.1 Å². The van der Waals surface area contributed by atoms with Gasteiger partial charge in [0, 0.05) is 25.7 Å². The number of likely N-dealkylation sites (N-methyl/N-ethyl adjacent to an activating group) is 1. The fourth-order valence-electron chi connectivity index (χ4n) is 3.57. The molecule has 1 N–H and O–H groups in total. The third-order valence-corrected chi connectivity index (χ3v) is 4.77. The number of rotatable bonds is 6. The molecule has 0 aromatic heterocycles. The second-order valence-electron chi connectivity index (χ2n) is 6.33. The molecule has 2 aliphatic rings. The standard InChI is InChI=1S/C15H28N2O2/c1-16(10-8-15(18)19)14-7-4-9-17(12-14)11-13-5-2-3-6-13/h13-14H,2-12H2,1H3,(H,18,19). The summed E-state index contributed by atoms with van der Waals surface area (Å²) in [4.78, 5) is 15.5. The third-order valence-electron chi connectivity index (χ3n) is 4.77. The summed E-state index contributed by atoms with van der Waals surface area (Å²) in [6.45, 7) is 4.31. The normalized spacial score (nSPS) is 26.1. The first kappa shape index (κ1) is 14.8. The number of carboxylic acids is 1. The number of aliphatic carboxylic acids is 1. The van der Waals surface area contributed by atoms with E-state index in [-0.39, 0.29) is 6.42 Å². The van der Waals surface area contributed by atoms with Crippen molar-refractivity contribution in [3.8, 4) is 0 Å². The van der Waals surface area contributed by atoms with E-state index in [9.17, 15) is 4.79 Å². The Morgan fingerprint density at radius 3 is 2.68 bits per heavy atom. The van der Waals surface area contributed by atoms with Gasteiger partial charge in [-0.1, -0.05) is 12.8 Å². The molecule has 1 saturated carbocycles. The number of carboxylic acid groups (broad SMARTS) is 1. The minimum atomic E-state index is -0.689. The fourth-order valence-corrected chi connectivity index (χ4v) is 3.57. The van der Waals surface area contributed by atoms with E-state index in [1.807, 2.05) is 0 Å². The molecule has 110 valence electrons. The first-order valence-corrected chi connectivity index (χ1v) is 7.79. The largest absolute Gasteiger partial charge is 0.481 e. The summed E-state index contributed by atoms with van der Waals surface area (Å²) in [5.74, 6) is 0.230. The molecule has 0 radical (unpaired) electrons. The Balaban J connectivity index is 1.74. The van der Waals surface area contributed by atoms with Gasteiger partial charge in [-0.15, -0.1) is 0 Å². The second-order valence-corrected chi connectivity index (χ2v) is 6.33. The van der Waals surface area contributed by atoms with Gasteiger partial charge >= 0.3 is 5.97 Å². The molecule has 2 rings (SSSR count). The summed E-state index contributed by atoms with van der Waals surface area (Å²) in [5, 5.41) is 8.77. The summed E-state index contributed by atoms with van der Waals surface area (Å²) in [7, 11) is 2.08. The van der Waals surface area contributed by atoms with Crippen LogP contribution in [0.2, 0.25) is 0 Å². The Labute approximate surface area is 116 Å². The van der Waals surface area contributed by atoms with Crippen molar-refractivity contribution in [3.05, 3.63) is 0 Å². The zero-order valence-corrected chi connectivity index (χ0v) is 12.2. The van der Waals surface area contributed by atoms with Gasteiger partial charge in [0.25, 0.3) is 0 Å². The van der Waals surface area contributed by atoms with Crippen LogP contribution < -0.4 is 0 Å². The topological polar surface area (TPSA) is 43.8 Å². The Hall–Kier alpha value is -0.610. The van der Waals surface area contributed by atoms with Crippen LogP contribution in [0.5, 0.6) is 0 Å². The van der Waals surface area contributed by atoms with Gasteiger partial charge in [-0.2, -0.15) is 0 Å². The van der Waals surface area contributed by atoms with E-state index >= 15 is 0 Å². The molecule has 0 bridgehead atoms. The summed E-state index contributed by atoms with van der Waals surface area (Å²) < 4.78 is 0. The Kier molecular flexibility index (Phi) is 5.64. The molecule has 1 saturated heterocycles. The highest BCUT2D eigenvalue weighted by molar-refractivity contribution is 5.66. The van der Waals surface area contributed by atoms with Crippen LogP contribution in [0.4, 0.5) is 0 Å². The summed E-state index contributed by atoms with van der Waals surface area (Å²) >= 11 is 0. The molecule has 1 heterocycles. The molecule has 1 unspecified atom stereocenters. The lowest BCUT2D eigenvalue weighted by molar-refractivity contribution is -0.137. The highest BCUT2D eigenvalue weighted by atomic mass is 16.4. The number of carbonyl (C=O) groups is 1. The van der Waals surface area contributed by atoms with Crippen molar-refractivity contribution in [1.29, 1.82) is 0 Å². The fraction of sp³-hybridized carbons (Fsp3) is 0.933. The predicted octanol–water partition coefficient (Wildman–Crippen LogP) is 2.05. The number of likely N-dealkylation sites (tertiary alicyclic amines) is 1. The SMILES string of the molecule is CN(CCC(=O)O)C1CCCN(CC2CCCC2)C1. The van der Waals surface area contributed by atoms with Gasteiger partial charge in [-0.3, -0.25) is 4.79 Å². The molecule has 19 heavy (non-hydrogen) atoms. The van der Waals surface area contributed by atoms with Crippen molar-refractivity contribution in [2.24, 2.45) is 5.92 Å². The van der Waals surface area contributed by atoms with Gasteiger partial charge in [-0.25, -0.2) is 0 Å². The number of hydrogen-bond acceptors (Lipinski definition) is 3. The van der Waals surface area contributed by atoms with E-state index in [0.717, 1.165) is 12.5 Å². The van der Waals surface area contributed by atoms with Crippen LogP contribution in [0.3, 0.4) is 0 Å². The van der Waals surface area contributed by atoms with Gasteiger partial charge in [-0.05, 0) is 45.2 Å². The molecule has 4 nitrogen and oxygen atoms in total. The van der Waals surface area contributed by atoms with E-state index in [1.165, 1.54) is 51.6 Å². The van der Waals surface area contributed by atoms with Crippen molar-refractivity contribution < 1.29 is 9.90 Å². The van der Waals surface area contributed by atoms with Gasteiger partial charge in [0.2, 0.25) is 0 Å². The van der Waals surface area contributed by atoms with Crippen molar-refractivity contribution in [1.82, 2.24) is 9.80 Å². The minimum absolute atomic E-state index is 0.260. The first-order chi connectivity index (χ1) is 9.15. The molecule has 1 aliphatic carbocycles. The van der Waals surface area contributed by atoms with Crippen LogP contribution in [0, 0.1) is 5.92 Å². The molecule has 4 heteroatoms. The van der Waals surface area contributed by atoms with Crippen molar-refractivity contribution in [2.45, 2.75) is 51.0 Å². The molecule has 1 atom stereocenters. The van der Waals surface area contributed by atoms with Crippen molar-refractivity contribution >= 4 is 5.97 Å². The Morgan fingerprint density at radius 1 is 1.26 bits per heavy atom.